The van der Waals surface area contributed by atoms with E-state index in [-0.39, 0.29) is 17.2 Å². The van der Waals surface area contributed by atoms with E-state index in [0.29, 0.717) is 46.7 Å². The smallest absolute Gasteiger partial charge is 0.325 e. The minimum atomic E-state index is -4.42. The van der Waals surface area contributed by atoms with Crippen LogP contribution in [0, 0.1) is 32.1 Å². The number of benzene rings is 2. The Morgan fingerprint density at radius 1 is 0.980 bits per heavy atom. The fraction of sp³-hybridized carbons (Fsp3) is 0.514. The van der Waals surface area contributed by atoms with Crippen LogP contribution >= 0.6 is 0 Å². The largest absolute Gasteiger partial charge is 0.496 e. The Hall–Kier alpha value is -4.48. The van der Waals surface area contributed by atoms with Gasteiger partial charge in [-0.3, -0.25) is 19.2 Å². The van der Waals surface area contributed by atoms with E-state index in [2.05, 4.69) is 15.4 Å². The third kappa shape index (κ3) is 11.0. The number of hydrogen-bond donors (Lipinski definition) is 3. The standard InChI is InChI=1S/C35H47N5O8S/c1-22-17-29(47-7)23(2)24(3)32(22)49(45,46)39-27(19-30(41)37-21-31(42)48-35(4,5)6)33(43)38-28(34(44)40-15-9-8-10-16-40)18-25-11-13-26(20-36)14-12-25/h11-14,17,27-28,39H,8-10,15-16,18-19,21H2,1-7H3,(H,37,41)(H,38,43)/t27-,28+/m0/s1. The highest BCUT2D eigenvalue weighted by molar-refractivity contribution is 7.89. The summed E-state index contributed by atoms with van der Waals surface area (Å²) in [5, 5.41) is 14.3. The van der Waals surface area contributed by atoms with Gasteiger partial charge >= 0.3 is 5.97 Å². The number of nitriles is 1. The molecule has 0 spiro atoms. The number of nitrogens with one attached hydrogen (secondary N) is 3. The molecule has 1 saturated heterocycles. The van der Waals surface area contributed by atoms with E-state index in [1.54, 1.807) is 76.8 Å². The van der Waals surface area contributed by atoms with Gasteiger partial charge in [-0.2, -0.15) is 9.98 Å². The number of likely N-dealkylation sites (tertiary alicyclic amines) is 1. The van der Waals surface area contributed by atoms with Gasteiger partial charge < -0.3 is 25.0 Å². The topological polar surface area (TPSA) is 184 Å². The lowest BCUT2D eigenvalue weighted by atomic mass is 10.0. The molecule has 2 atom stereocenters. The minimum Gasteiger partial charge on any atom is -0.496 e. The summed E-state index contributed by atoms with van der Waals surface area (Å²) in [5.41, 5.74) is 1.65. The van der Waals surface area contributed by atoms with E-state index in [4.69, 9.17) is 9.47 Å². The zero-order valence-electron chi connectivity index (χ0n) is 29.3. The second-order valence-corrected chi connectivity index (χ2v) is 14.8. The summed E-state index contributed by atoms with van der Waals surface area (Å²) in [7, 11) is -2.95. The van der Waals surface area contributed by atoms with Gasteiger partial charge in [0.25, 0.3) is 0 Å². The van der Waals surface area contributed by atoms with Gasteiger partial charge in [-0.15, -0.1) is 0 Å². The van der Waals surface area contributed by atoms with Gasteiger partial charge in [-0.25, -0.2) is 8.42 Å². The first-order valence-electron chi connectivity index (χ1n) is 16.2. The monoisotopic (exact) mass is 697 g/mol. The highest BCUT2D eigenvalue weighted by Gasteiger charge is 2.34. The summed E-state index contributed by atoms with van der Waals surface area (Å²) in [6.07, 6.45) is 1.98. The van der Waals surface area contributed by atoms with Crippen LogP contribution < -0.4 is 20.1 Å². The second kappa shape index (κ2) is 16.8. The fourth-order valence-electron chi connectivity index (χ4n) is 5.64. The predicted octanol–water partition coefficient (Wildman–Crippen LogP) is 2.73. The second-order valence-electron chi connectivity index (χ2n) is 13.2. The van der Waals surface area contributed by atoms with E-state index in [1.165, 1.54) is 7.11 Å². The Labute approximate surface area is 288 Å². The molecular formula is C35H47N5O8S. The van der Waals surface area contributed by atoms with Crippen LogP contribution in [0.1, 0.15) is 74.3 Å². The van der Waals surface area contributed by atoms with Crippen LogP contribution in [0.2, 0.25) is 0 Å². The molecule has 0 saturated carbocycles. The molecule has 13 nitrogen and oxygen atoms in total. The molecule has 3 rings (SSSR count). The molecule has 0 unspecified atom stereocenters. The highest BCUT2D eigenvalue weighted by atomic mass is 32.2. The maximum atomic E-state index is 14.0. The van der Waals surface area contributed by atoms with Crippen molar-refractivity contribution in [3.05, 3.63) is 58.1 Å². The van der Waals surface area contributed by atoms with Crippen molar-refractivity contribution in [1.29, 1.82) is 5.26 Å². The lowest BCUT2D eigenvalue weighted by Gasteiger charge is -2.31. The number of hydrogen-bond acceptors (Lipinski definition) is 9. The van der Waals surface area contributed by atoms with E-state index in [0.717, 1.165) is 19.3 Å². The lowest BCUT2D eigenvalue weighted by molar-refractivity contribution is -0.154. The zero-order chi connectivity index (χ0) is 36.5. The molecule has 3 amide bonds. The Kier molecular flexibility index (Phi) is 13.3. The Morgan fingerprint density at radius 3 is 2.18 bits per heavy atom. The van der Waals surface area contributed by atoms with Crippen molar-refractivity contribution in [1.82, 2.24) is 20.3 Å². The van der Waals surface area contributed by atoms with Crippen LogP contribution in [0.25, 0.3) is 0 Å². The van der Waals surface area contributed by atoms with E-state index < -0.39 is 58.5 Å². The van der Waals surface area contributed by atoms with Gasteiger partial charge in [-0.05, 0) is 101 Å². The first-order valence-corrected chi connectivity index (χ1v) is 17.7. The quantitative estimate of drug-likeness (QED) is 0.265. The summed E-state index contributed by atoms with van der Waals surface area (Å²) in [6.45, 7) is 10.5. The maximum Gasteiger partial charge on any atom is 0.325 e. The van der Waals surface area contributed by atoms with Crippen molar-refractivity contribution < 1.29 is 37.1 Å². The summed E-state index contributed by atoms with van der Waals surface area (Å²) in [5.74, 6) is -2.26. The number of piperidine rings is 1. The molecule has 266 valence electrons. The molecular weight excluding hydrogens is 650 g/mol. The molecule has 2 aromatic rings. The van der Waals surface area contributed by atoms with Crippen molar-refractivity contribution in [2.24, 2.45) is 0 Å². The zero-order valence-corrected chi connectivity index (χ0v) is 30.1. The molecule has 0 aliphatic carbocycles. The van der Waals surface area contributed by atoms with Gasteiger partial charge in [0.2, 0.25) is 27.7 Å². The average molecular weight is 698 g/mol. The van der Waals surface area contributed by atoms with E-state index in [9.17, 15) is 32.9 Å². The Bertz CT molecular complexity index is 1690. The third-order valence-corrected chi connectivity index (χ3v) is 9.89. The van der Waals surface area contributed by atoms with E-state index in [1.807, 2.05) is 6.07 Å². The minimum absolute atomic E-state index is 0.0625. The molecule has 2 aromatic carbocycles. The summed E-state index contributed by atoms with van der Waals surface area (Å²) in [4.78, 5) is 54.7. The van der Waals surface area contributed by atoms with Crippen LogP contribution in [-0.2, 0) is 40.4 Å². The van der Waals surface area contributed by atoms with Crippen molar-refractivity contribution in [2.45, 2.75) is 96.2 Å². The number of aryl methyl sites for hydroxylation is 1. The number of ether oxygens (including phenoxy) is 2. The van der Waals surface area contributed by atoms with E-state index >= 15 is 0 Å². The molecule has 0 radical (unpaired) electrons. The Morgan fingerprint density at radius 2 is 1.61 bits per heavy atom. The molecule has 14 heteroatoms. The van der Waals surface area contributed by atoms with Crippen molar-refractivity contribution in [3.63, 3.8) is 0 Å². The van der Waals surface area contributed by atoms with Gasteiger partial charge in [0, 0.05) is 19.5 Å². The van der Waals surface area contributed by atoms with Gasteiger partial charge in [-0.1, -0.05) is 12.1 Å². The molecule has 1 aliphatic rings. The average Bonchev–Trinajstić information content (AvgIpc) is 3.04. The van der Waals surface area contributed by atoms with Crippen LogP contribution in [0.5, 0.6) is 5.75 Å². The molecule has 3 N–H and O–H groups in total. The molecule has 1 aliphatic heterocycles. The number of carbonyl (C=O) groups excluding carboxylic acids is 4. The van der Waals surface area contributed by atoms with Crippen molar-refractivity contribution >= 4 is 33.7 Å². The molecule has 1 fully saturated rings. The Balaban J connectivity index is 1.95. The molecule has 1 heterocycles. The molecule has 49 heavy (non-hydrogen) atoms. The van der Waals surface area contributed by atoms with Crippen LogP contribution in [0.15, 0.2) is 35.2 Å². The number of nitrogens with zero attached hydrogens (tertiary/aromatic N) is 2. The van der Waals surface area contributed by atoms with Gasteiger partial charge in [0.05, 0.1) is 30.1 Å². The van der Waals surface area contributed by atoms with Crippen LogP contribution in [0.3, 0.4) is 0 Å². The molecule has 0 aromatic heterocycles. The number of carbonyl (C=O) groups is 4. The summed E-state index contributed by atoms with van der Waals surface area (Å²) < 4.78 is 40.9. The van der Waals surface area contributed by atoms with Gasteiger partial charge in [0.1, 0.15) is 30.0 Å². The lowest BCUT2D eigenvalue weighted by Crippen LogP contribution is -2.56. The number of amides is 3. The molecule has 0 bridgehead atoms. The summed E-state index contributed by atoms with van der Waals surface area (Å²) in [6, 6.07) is 7.43. The first kappa shape index (κ1) is 39.0. The van der Waals surface area contributed by atoms with Crippen LogP contribution in [-0.4, -0.2) is 81.4 Å². The third-order valence-electron chi connectivity index (χ3n) is 8.13. The normalized spacial score (nSPS) is 14.6. The maximum absolute atomic E-state index is 14.0. The SMILES string of the molecule is COc1cc(C)c(S(=O)(=O)N[C@@H](CC(=O)NCC(=O)OC(C)(C)C)C(=O)N[C@H](Cc2ccc(C#N)cc2)C(=O)N2CCCCC2)c(C)c1C. The number of methoxy groups -OCH3 is 1. The number of esters is 1. The van der Waals surface area contributed by atoms with Crippen molar-refractivity contribution in [2.75, 3.05) is 26.7 Å². The highest BCUT2D eigenvalue weighted by Crippen LogP contribution is 2.30. The summed E-state index contributed by atoms with van der Waals surface area (Å²) >= 11 is 0. The number of sulfonamides is 1. The fourth-order valence-corrected chi connectivity index (χ4v) is 7.37. The number of rotatable bonds is 13. The predicted molar refractivity (Wildman–Crippen MR) is 182 cm³/mol. The first-order chi connectivity index (χ1) is 22.9. The van der Waals surface area contributed by atoms with Crippen LogP contribution in [0.4, 0.5) is 0 Å². The van der Waals surface area contributed by atoms with Crippen molar-refractivity contribution in [3.8, 4) is 11.8 Å². The van der Waals surface area contributed by atoms with Gasteiger partial charge in [0.15, 0.2) is 0 Å².